The molecule has 5 heterocycles. The van der Waals surface area contributed by atoms with Crippen LogP contribution in [0.4, 0.5) is 17.2 Å². The number of nitrogens with two attached hydrogens (primary N) is 2. The number of piperazine rings is 1. The van der Waals surface area contributed by atoms with Gasteiger partial charge in [-0.25, -0.2) is 29.9 Å². The Hall–Kier alpha value is -5.66. The molecule has 0 unspecified atom stereocenters. The molecular weight excluding hydrogens is 1060 g/mol. The smallest absolute Gasteiger partial charge is 0.314 e. The first-order valence-corrected chi connectivity index (χ1v) is 23.1. The lowest BCUT2D eigenvalue weighted by Crippen LogP contribution is -2.45. The minimum Gasteiger partial charge on any atom is -0.479 e. The summed E-state index contributed by atoms with van der Waals surface area (Å²) in [4.78, 5) is 56.7. The second-order valence-electron chi connectivity index (χ2n) is 14.4. The number of ether oxygens (including phenoxy) is 2. The lowest BCUT2D eigenvalue weighted by Gasteiger charge is -2.33. The van der Waals surface area contributed by atoms with Crippen LogP contribution in [-0.2, 0) is 0 Å². The van der Waals surface area contributed by atoms with Crippen molar-refractivity contribution in [2.75, 3.05) is 63.8 Å². The van der Waals surface area contributed by atoms with E-state index in [0.29, 0.717) is 81.3 Å². The molecule has 358 valence electrons. The number of fused-ring (bicyclic) bond motifs is 4. The summed E-state index contributed by atoms with van der Waals surface area (Å²) >= 11 is 46.0. The van der Waals surface area contributed by atoms with Crippen molar-refractivity contribution < 1.29 is 9.47 Å². The fraction of sp³-hybridized carbons (Fsp3) is 0.156. The molecule has 4 aromatic heterocycles. The molecule has 1 aliphatic rings. The van der Waals surface area contributed by atoms with E-state index in [1.807, 2.05) is 12.1 Å². The molecule has 1 fully saturated rings. The number of aromatic amines is 2. The van der Waals surface area contributed by atoms with E-state index in [0.717, 1.165) is 43.0 Å². The number of nitrogen functional groups attached to an aromatic ring is 2. The number of aromatic nitrogens is 8. The van der Waals surface area contributed by atoms with Crippen LogP contribution in [0, 0.1) is 0 Å². The highest BCUT2D eigenvalue weighted by Gasteiger charge is 2.21. The molecule has 1 saturated heterocycles. The number of likely N-dealkylation sites (N-methyl/N-ethyl adjacent to an activating group) is 1. The lowest BCUT2D eigenvalue weighted by molar-refractivity contribution is 0.309. The Morgan fingerprint density at radius 3 is 1.41 bits per heavy atom. The molecular formula is C45H38Cl8N12O4. The molecule has 0 spiro atoms. The second kappa shape index (κ2) is 24.3. The standard InChI is InChI=1S/C14H17ClN4O.C9H6Cl2N2O.C8H3Cl3N2.C8H5ClN2O2.C6H7ClN2/c1-18-5-7-19(8-6-18)13-14(20-2)17-12-9-10(15)3-4-11(12)16-13;1-14-9-8(11)12-6-3-2-5(10)4-7(6)13-9;9-4-1-2-5-6(3-4)13-8(11)7(10)12-5;9-4-1-2-5-6(3-4)11-8(13)7(12)10-5;7-4-1-2-5(8)6(9)3-4/h3-4,9H,5-8H2,1-2H3;2-4H,1H3;1-3H;1-3H,(H,10,12)(H,11,13);1-3H,8-9H2. The Bertz CT molecular complexity index is 3400. The zero-order valence-corrected chi connectivity index (χ0v) is 42.4. The van der Waals surface area contributed by atoms with E-state index in [9.17, 15) is 9.59 Å². The van der Waals surface area contributed by atoms with Crippen molar-refractivity contribution in [1.82, 2.24) is 44.8 Å². The van der Waals surface area contributed by atoms with Crippen molar-refractivity contribution in [2.24, 2.45) is 0 Å². The first-order valence-electron chi connectivity index (χ1n) is 20.0. The molecule has 9 aromatic rings. The number of nitrogens with one attached hydrogen (secondary N) is 2. The van der Waals surface area contributed by atoms with E-state index < -0.39 is 11.1 Å². The summed E-state index contributed by atoms with van der Waals surface area (Å²) in [6, 6.07) is 25.7. The van der Waals surface area contributed by atoms with Crippen LogP contribution in [-0.4, -0.2) is 92.2 Å². The van der Waals surface area contributed by atoms with Crippen molar-refractivity contribution in [2.45, 2.75) is 0 Å². The predicted octanol–water partition coefficient (Wildman–Crippen LogP) is 11.0. The summed E-state index contributed by atoms with van der Waals surface area (Å²) in [5.74, 6) is 1.68. The van der Waals surface area contributed by atoms with Gasteiger partial charge in [-0.2, -0.15) is 0 Å². The van der Waals surface area contributed by atoms with Gasteiger partial charge in [0, 0.05) is 51.3 Å². The number of anilines is 3. The summed E-state index contributed by atoms with van der Waals surface area (Å²) in [5, 5.41) is 3.63. The Balaban J connectivity index is 0.000000145. The van der Waals surface area contributed by atoms with Gasteiger partial charge in [-0.3, -0.25) is 9.59 Å². The first kappa shape index (κ1) is 52.7. The maximum atomic E-state index is 10.9. The van der Waals surface area contributed by atoms with Crippen molar-refractivity contribution >= 4 is 154 Å². The Labute approximate surface area is 433 Å². The van der Waals surface area contributed by atoms with Crippen LogP contribution in [0.1, 0.15) is 0 Å². The molecule has 24 heteroatoms. The van der Waals surface area contributed by atoms with E-state index in [-0.39, 0.29) is 15.5 Å². The van der Waals surface area contributed by atoms with Crippen molar-refractivity contribution in [3.63, 3.8) is 0 Å². The lowest BCUT2D eigenvalue weighted by atomic mass is 10.3. The van der Waals surface area contributed by atoms with E-state index in [2.05, 4.69) is 51.7 Å². The number of hydrogen-bond acceptors (Lipinski definition) is 14. The van der Waals surface area contributed by atoms with Gasteiger partial charge < -0.3 is 40.7 Å². The molecule has 0 radical (unpaired) electrons. The van der Waals surface area contributed by atoms with E-state index in [1.165, 1.54) is 7.11 Å². The van der Waals surface area contributed by atoms with Crippen LogP contribution >= 0.6 is 92.8 Å². The third-order valence-electron chi connectivity index (χ3n) is 9.60. The monoisotopic (exact) mass is 1090 g/mol. The van der Waals surface area contributed by atoms with Crippen LogP contribution < -0.4 is 37.0 Å². The minimum atomic E-state index is -0.672. The third kappa shape index (κ3) is 14.4. The minimum absolute atomic E-state index is 0.191. The van der Waals surface area contributed by atoms with Gasteiger partial charge in [0.05, 0.1) is 69.7 Å². The maximum absolute atomic E-state index is 10.9. The maximum Gasteiger partial charge on any atom is 0.314 e. The topological polar surface area (TPSA) is 220 Å². The third-order valence-corrected chi connectivity index (χ3v) is 11.6. The van der Waals surface area contributed by atoms with E-state index in [4.69, 9.17) is 119 Å². The first-order chi connectivity index (χ1) is 32.9. The molecule has 0 bridgehead atoms. The van der Waals surface area contributed by atoms with Gasteiger partial charge in [-0.05, 0) is 98.0 Å². The number of H-pyrrole nitrogens is 2. The number of halogens is 8. The average Bonchev–Trinajstić information content (AvgIpc) is 3.32. The molecule has 16 nitrogen and oxygen atoms in total. The fourth-order valence-electron chi connectivity index (χ4n) is 6.10. The summed E-state index contributed by atoms with van der Waals surface area (Å²) in [6.07, 6.45) is 0. The molecule has 6 N–H and O–H groups in total. The molecule has 69 heavy (non-hydrogen) atoms. The normalized spacial score (nSPS) is 12.2. The summed E-state index contributed by atoms with van der Waals surface area (Å²) in [5.41, 5.74) is 15.9. The van der Waals surface area contributed by atoms with Gasteiger partial charge in [0.15, 0.2) is 21.3 Å². The Kier molecular flexibility index (Phi) is 18.5. The van der Waals surface area contributed by atoms with Gasteiger partial charge in [0.1, 0.15) is 0 Å². The number of methoxy groups -OCH3 is 2. The van der Waals surface area contributed by atoms with Crippen LogP contribution in [0.3, 0.4) is 0 Å². The van der Waals surface area contributed by atoms with Crippen molar-refractivity contribution in [3.05, 3.63) is 152 Å². The van der Waals surface area contributed by atoms with Crippen molar-refractivity contribution in [1.29, 1.82) is 0 Å². The fourth-order valence-corrected chi connectivity index (χ4v) is 7.43. The summed E-state index contributed by atoms with van der Waals surface area (Å²) < 4.78 is 10.3. The molecule has 0 saturated carbocycles. The average molecular weight is 1090 g/mol. The van der Waals surface area contributed by atoms with Gasteiger partial charge in [0.25, 0.3) is 11.8 Å². The number of rotatable bonds is 3. The van der Waals surface area contributed by atoms with Gasteiger partial charge >= 0.3 is 11.1 Å². The highest BCUT2D eigenvalue weighted by atomic mass is 35.5. The van der Waals surface area contributed by atoms with E-state index >= 15 is 0 Å². The van der Waals surface area contributed by atoms with Crippen LogP contribution in [0.25, 0.3) is 44.1 Å². The highest BCUT2D eigenvalue weighted by Crippen LogP contribution is 2.29. The highest BCUT2D eigenvalue weighted by molar-refractivity contribution is 6.40. The predicted molar refractivity (Wildman–Crippen MR) is 282 cm³/mol. The Morgan fingerprint density at radius 2 is 0.884 bits per heavy atom. The zero-order valence-electron chi connectivity index (χ0n) is 36.4. The quantitative estimate of drug-likeness (QED) is 0.0955. The number of nitrogens with zero attached hydrogens (tertiary/aromatic N) is 8. The largest absolute Gasteiger partial charge is 0.479 e. The van der Waals surface area contributed by atoms with E-state index in [1.54, 1.807) is 86.0 Å². The van der Waals surface area contributed by atoms with Crippen LogP contribution in [0.15, 0.2) is 101 Å². The second-order valence-corrected chi connectivity index (χ2v) is 17.7. The zero-order chi connectivity index (χ0) is 49.9. The summed E-state index contributed by atoms with van der Waals surface area (Å²) in [7, 11) is 5.24. The molecule has 10 rings (SSSR count). The molecule has 0 aliphatic carbocycles. The number of benzene rings is 5. The molecule has 0 amide bonds. The van der Waals surface area contributed by atoms with Gasteiger partial charge in [-0.1, -0.05) is 92.8 Å². The molecule has 5 aromatic carbocycles. The van der Waals surface area contributed by atoms with Gasteiger partial charge in [0.2, 0.25) is 0 Å². The van der Waals surface area contributed by atoms with Crippen LogP contribution in [0.5, 0.6) is 11.8 Å². The molecule has 1 aliphatic heterocycles. The van der Waals surface area contributed by atoms with Gasteiger partial charge in [-0.15, -0.1) is 0 Å². The number of hydrogen-bond donors (Lipinski definition) is 4. The Morgan fingerprint density at radius 1 is 0.464 bits per heavy atom. The SMILES string of the molecule is COc1nc2cc(Cl)ccc2nc1Cl.COc1nc2cc(Cl)ccc2nc1N1CCN(C)CC1.Clc1ccc2nc(Cl)c(Cl)nc2c1.Nc1ccc(Cl)cc1N.O=c1[nH]c2ccc(Cl)cc2[nH]c1=O. The summed E-state index contributed by atoms with van der Waals surface area (Å²) in [6.45, 7) is 3.90. The molecule has 0 atom stereocenters. The van der Waals surface area contributed by atoms with Crippen LogP contribution in [0.2, 0.25) is 40.6 Å². The van der Waals surface area contributed by atoms with Crippen molar-refractivity contribution in [3.8, 4) is 11.8 Å².